The molecule has 0 radical (unpaired) electrons. The molecule has 0 aromatic heterocycles. The molecule has 0 bridgehead atoms. The van der Waals surface area contributed by atoms with Crippen LogP contribution >= 0.6 is 0 Å². The van der Waals surface area contributed by atoms with E-state index < -0.39 is 0 Å². The third-order valence-electron chi connectivity index (χ3n) is 3.60. The number of likely N-dealkylation sites (tertiary alicyclic amines) is 1. The highest BCUT2D eigenvalue weighted by molar-refractivity contribution is 5.99. The Morgan fingerprint density at radius 3 is 2.40 bits per heavy atom. The van der Waals surface area contributed by atoms with Crippen LogP contribution < -0.4 is 11.1 Å². The Hall–Kier alpha value is -2.08. The van der Waals surface area contributed by atoms with Crippen LogP contribution in [0.2, 0.25) is 0 Å². The molecule has 0 atom stereocenters. The predicted octanol–water partition coefficient (Wildman–Crippen LogP) is 0.605. The van der Waals surface area contributed by atoms with Gasteiger partial charge in [-0.2, -0.15) is 0 Å². The van der Waals surface area contributed by atoms with E-state index in [4.69, 9.17) is 10.9 Å². The van der Waals surface area contributed by atoms with E-state index in [1.54, 1.807) is 24.3 Å². The lowest BCUT2D eigenvalue weighted by Crippen LogP contribution is -2.43. The molecule has 20 heavy (non-hydrogen) atoms. The maximum atomic E-state index is 12.1. The molecule has 0 unspecified atom stereocenters. The molecule has 1 aliphatic rings. The maximum absolute atomic E-state index is 12.1. The lowest BCUT2D eigenvalue weighted by molar-refractivity contribution is 0.0917. The summed E-state index contributed by atoms with van der Waals surface area (Å²) in [5, 5.41) is 14.5. The summed E-state index contributed by atoms with van der Waals surface area (Å²) in [5.41, 5.74) is 6.65. The molecule has 0 spiro atoms. The van der Waals surface area contributed by atoms with Gasteiger partial charge in [-0.1, -0.05) is 17.3 Å². The molecule has 108 valence electrons. The fourth-order valence-electron chi connectivity index (χ4n) is 2.27. The van der Waals surface area contributed by atoms with Crippen LogP contribution in [0.1, 0.15) is 28.8 Å². The predicted molar refractivity (Wildman–Crippen MR) is 76.9 cm³/mol. The quantitative estimate of drug-likeness (QED) is 0.326. The number of nitrogens with zero attached hydrogens (tertiary/aromatic N) is 2. The molecule has 1 aromatic rings. The summed E-state index contributed by atoms with van der Waals surface area (Å²) in [6.45, 7) is 2.01. The molecule has 1 aliphatic heterocycles. The zero-order valence-electron chi connectivity index (χ0n) is 11.5. The Labute approximate surface area is 118 Å². The zero-order valence-corrected chi connectivity index (χ0v) is 11.5. The smallest absolute Gasteiger partial charge is 0.251 e. The first-order valence-electron chi connectivity index (χ1n) is 6.67. The van der Waals surface area contributed by atoms with Gasteiger partial charge >= 0.3 is 0 Å². The Morgan fingerprint density at radius 1 is 1.30 bits per heavy atom. The van der Waals surface area contributed by atoms with Crippen LogP contribution in [0.5, 0.6) is 0 Å². The third kappa shape index (κ3) is 3.48. The van der Waals surface area contributed by atoms with Crippen LogP contribution in [-0.2, 0) is 0 Å². The minimum atomic E-state index is -0.0781. The van der Waals surface area contributed by atoms with E-state index in [-0.39, 0.29) is 17.8 Å². The van der Waals surface area contributed by atoms with Crippen molar-refractivity contribution in [1.29, 1.82) is 0 Å². The molecule has 0 aliphatic carbocycles. The number of carbonyl (C=O) groups excluding carboxylic acids is 1. The molecule has 6 heteroatoms. The number of benzene rings is 1. The van der Waals surface area contributed by atoms with Crippen LogP contribution in [0.15, 0.2) is 29.4 Å². The van der Waals surface area contributed by atoms with Gasteiger partial charge in [0.15, 0.2) is 5.84 Å². The van der Waals surface area contributed by atoms with Crippen molar-refractivity contribution in [1.82, 2.24) is 10.2 Å². The molecule has 6 nitrogen and oxygen atoms in total. The molecule has 2 rings (SSSR count). The van der Waals surface area contributed by atoms with Gasteiger partial charge in [0.1, 0.15) is 0 Å². The number of piperidine rings is 1. The van der Waals surface area contributed by atoms with E-state index in [0.29, 0.717) is 11.1 Å². The Kier molecular flexibility index (Phi) is 4.57. The van der Waals surface area contributed by atoms with Crippen molar-refractivity contribution in [2.75, 3.05) is 20.1 Å². The van der Waals surface area contributed by atoms with Gasteiger partial charge in [-0.25, -0.2) is 0 Å². The largest absolute Gasteiger partial charge is 0.409 e. The number of hydrogen-bond acceptors (Lipinski definition) is 4. The van der Waals surface area contributed by atoms with Gasteiger partial charge in [0.25, 0.3) is 5.91 Å². The third-order valence-corrected chi connectivity index (χ3v) is 3.60. The molecule has 1 aromatic carbocycles. The van der Waals surface area contributed by atoms with E-state index in [0.717, 1.165) is 25.9 Å². The van der Waals surface area contributed by atoms with Crippen molar-refractivity contribution in [3.8, 4) is 0 Å². The molecule has 4 N–H and O–H groups in total. The molecule has 1 amide bonds. The summed E-state index contributed by atoms with van der Waals surface area (Å²) in [6.07, 6.45) is 1.95. The van der Waals surface area contributed by atoms with Crippen LogP contribution in [0.4, 0.5) is 0 Å². The molecule has 1 heterocycles. The van der Waals surface area contributed by atoms with Gasteiger partial charge in [0.2, 0.25) is 0 Å². The topological polar surface area (TPSA) is 91.0 Å². The number of carbonyl (C=O) groups is 1. The lowest BCUT2D eigenvalue weighted by Gasteiger charge is -2.29. The fraction of sp³-hybridized carbons (Fsp3) is 0.429. The number of nitrogens with one attached hydrogen (secondary N) is 1. The minimum Gasteiger partial charge on any atom is -0.409 e. The van der Waals surface area contributed by atoms with E-state index >= 15 is 0 Å². The van der Waals surface area contributed by atoms with Crippen LogP contribution in [0, 0.1) is 0 Å². The standard InChI is InChI=1S/C14H20N4O2/c1-18-8-6-12(7-9-18)16-14(19)11-4-2-10(3-5-11)13(15)17-20/h2-5,12,20H,6-9H2,1H3,(H2,15,17)(H,16,19). The van der Waals surface area contributed by atoms with Gasteiger partial charge in [-0.3, -0.25) is 4.79 Å². The zero-order chi connectivity index (χ0) is 14.5. The van der Waals surface area contributed by atoms with Crippen molar-refractivity contribution >= 4 is 11.7 Å². The first-order valence-corrected chi connectivity index (χ1v) is 6.67. The average molecular weight is 276 g/mol. The van der Waals surface area contributed by atoms with Gasteiger partial charge in [-0.05, 0) is 45.1 Å². The highest BCUT2D eigenvalue weighted by atomic mass is 16.4. The molecule has 0 saturated carbocycles. The maximum Gasteiger partial charge on any atom is 0.251 e. The SMILES string of the molecule is CN1CCC(NC(=O)c2ccc(/C(N)=N/O)cc2)CC1. The average Bonchev–Trinajstić information content (AvgIpc) is 2.49. The van der Waals surface area contributed by atoms with Crippen LogP contribution in [0.3, 0.4) is 0 Å². The van der Waals surface area contributed by atoms with Crippen LogP contribution in [-0.4, -0.2) is 48.0 Å². The number of oxime groups is 1. The van der Waals surface area contributed by atoms with E-state index in [2.05, 4.69) is 22.4 Å². The number of nitrogens with two attached hydrogens (primary N) is 1. The first-order chi connectivity index (χ1) is 9.60. The molecular weight excluding hydrogens is 256 g/mol. The highest BCUT2D eigenvalue weighted by Gasteiger charge is 2.19. The van der Waals surface area contributed by atoms with E-state index in [1.165, 1.54) is 0 Å². The fourth-order valence-corrected chi connectivity index (χ4v) is 2.27. The number of amidine groups is 1. The van der Waals surface area contributed by atoms with E-state index in [9.17, 15) is 4.79 Å². The van der Waals surface area contributed by atoms with Crippen LogP contribution in [0.25, 0.3) is 0 Å². The van der Waals surface area contributed by atoms with Gasteiger partial charge in [-0.15, -0.1) is 0 Å². The molecule has 1 saturated heterocycles. The number of amides is 1. The second-order valence-electron chi connectivity index (χ2n) is 5.11. The number of hydrogen-bond donors (Lipinski definition) is 3. The van der Waals surface area contributed by atoms with Crippen molar-refractivity contribution in [3.05, 3.63) is 35.4 Å². The van der Waals surface area contributed by atoms with Gasteiger partial charge < -0.3 is 21.2 Å². The lowest BCUT2D eigenvalue weighted by atomic mass is 10.0. The summed E-state index contributed by atoms with van der Waals surface area (Å²) in [4.78, 5) is 14.4. The van der Waals surface area contributed by atoms with Gasteiger partial charge in [0, 0.05) is 17.2 Å². The second kappa shape index (κ2) is 6.38. The Bertz CT molecular complexity index is 490. The van der Waals surface area contributed by atoms with Crippen molar-refractivity contribution in [2.45, 2.75) is 18.9 Å². The first kappa shape index (κ1) is 14.3. The summed E-state index contributed by atoms with van der Waals surface area (Å²) >= 11 is 0. The van der Waals surface area contributed by atoms with E-state index in [1.807, 2.05) is 0 Å². The second-order valence-corrected chi connectivity index (χ2v) is 5.11. The van der Waals surface area contributed by atoms with Crippen molar-refractivity contribution in [2.24, 2.45) is 10.9 Å². The summed E-state index contributed by atoms with van der Waals surface area (Å²) < 4.78 is 0. The summed E-state index contributed by atoms with van der Waals surface area (Å²) in [5.74, 6) is -0.0436. The number of rotatable bonds is 3. The highest BCUT2D eigenvalue weighted by Crippen LogP contribution is 2.10. The normalized spacial score (nSPS) is 17.9. The monoisotopic (exact) mass is 276 g/mol. The van der Waals surface area contributed by atoms with Crippen molar-refractivity contribution in [3.63, 3.8) is 0 Å². The van der Waals surface area contributed by atoms with Crippen molar-refractivity contribution < 1.29 is 10.0 Å². The molecule has 1 fully saturated rings. The Balaban J connectivity index is 1.95. The van der Waals surface area contributed by atoms with Gasteiger partial charge in [0.05, 0.1) is 0 Å². The summed E-state index contributed by atoms with van der Waals surface area (Å²) in [7, 11) is 2.09. The summed E-state index contributed by atoms with van der Waals surface area (Å²) in [6, 6.07) is 6.93. The Morgan fingerprint density at radius 2 is 1.85 bits per heavy atom. The molecular formula is C14H20N4O2. The minimum absolute atomic E-state index is 0.0345.